The lowest BCUT2D eigenvalue weighted by Gasteiger charge is -2.30. The predicted molar refractivity (Wildman–Crippen MR) is 124 cm³/mol. The van der Waals surface area contributed by atoms with Gasteiger partial charge in [-0.15, -0.1) is 24.8 Å². The smallest absolute Gasteiger partial charge is 0.224 e. The highest BCUT2D eigenvalue weighted by Gasteiger charge is 2.34. The number of piperidine rings is 2. The van der Waals surface area contributed by atoms with Crippen LogP contribution in [-0.4, -0.2) is 41.9 Å². The minimum absolute atomic E-state index is 0. The summed E-state index contributed by atoms with van der Waals surface area (Å²) in [5, 5.41) is 6.74. The fourth-order valence-electron chi connectivity index (χ4n) is 5.20. The van der Waals surface area contributed by atoms with Crippen molar-refractivity contribution in [2.75, 3.05) is 18.4 Å². The topological polar surface area (TPSA) is 87.5 Å². The summed E-state index contributed by atoms with van der Waals surface area (Å²) in [7, 11) is 0. The van der Waals surface area contributed by atoms with Crippen molar-refractivity contribution >= 4 is 42.3 Å². The first-order valence-corrected chi connectivity index (χ1v) is 10.7. The van der Waals surface area contributed by atoms with Gasteiger partial charge in [0.15, 0.2) is 0 Å². The number of carbonyl (C=O) groups is 2. The number of likely N-dealkylation sites (tertiary alicyclic amines) is 1. The van der Waals surface area contributed by atoms with E-state index in [9.17, 15) is 9.59 Å². The van der Waals surface area contributed by atoms with Crippen LogP contribution in [-0.2, 0) is 16.1 Å². The summed E-state index contributed by atoms with van der Waals surface area (Å²) in [4.78, 5) is 26.2. The van der Waals surface area contributed by atoms with E-state index >= 15 is 0 Å². The van der Waals surface area contributed by atoms with Gasteiger partial charge in [0.1, 0.15) is 0 Å². The van der Waals surface area contributed by atoms with Crippen molar-refractivity contribution in [3.63, 3.8) is 0 Å². The molecule has 4 N–H and O–H groups in total. The molecular formula is C22H34Cl2N4O2. The average molecular weight is 457 g/mol. The van der Waals surface area contributed by atoms with Crippen LogP contribution in [0.25, 0.3) is 0 Å². The molecule has 0 saturated carbocycles. The number of hydrogen-bond acceptors (Lipinski definition) is 4. The van der Waals surface area contributed by atoms with Crippen LogP contribution in [0.4, 0.5) is 5.69 Å². The zero-order valence-corrected chi connectivity index (χ0v) is 19.0. The van der Waals surface area contributed by atoms with Gasteiger partial charge in [0.25, 0.3) is 0 Å². The molecule has 3 saturated heterocycles. The number of benzene rings is 1. The summed E-state index contributed by atoms with van der Waals surface area (Å²) in [6, 6.07) is 9.39. The number of fused-ring (bicyclic) bond motifs is 2. The molecule has 1 aromatic rings. The molecule has 2 atom stereocenters. The third kappa shape index (κ3) is 6.58. The van der Waals surface area contributed by atoms with Crippen LogP contribution in [0.15, 0.2) is 24.3 Å². The molecule has 0 aliphatic carbocycles. The van der Waals surface area contributed by atoms with Crippen molar-refractivity contribution in [2.24, 2.45) is 17.6 Å². The van der Waals surface area contributed by atoms with Gasteiger partial charge in [-0.3, -0.25) is 14.5 Å². The van der Waals surface area contributed by atoms with Gasteiger partial charge in [-0.2, -0.15) is 0 Å². The molecule has 30 heavy (non-hydrogen) atoms. The minimum atomic E-state index is -0.175. The fourth-order valence-corrected chi connectivity index (χ4v) is 5.20. The quantitative estimate of drug-likeness (QED) is 0.613. The zero-order valence-electron chi connectivity index (χ0n) is 17.3. The zero-order chi connectivity index (χ0) is 19.5. The lowest BCUT2D eigenvalue weighted by Crippen LogP contribution is -2.39. The summed E-state index contributed by atoms with van der Waals surface area (Å²) in [6.07, 6.45) is 7.09. The molecule has 2 amide bonds. The molecule has 168 valence electrons. The maximum atomic E-state index is 12.5. The predicted octanol–water partition coefficient (Wildman–Crippen LogP) is 3.09. The van der Waals surface area contributed by atoms with E-state index in [1.165, 1.54) is 18.4 Å². The summed E-state index contributed by atoms with van der Waals surface area (Å²) >= 11 is 0. The van der Waals surface area contributed by atoms with Gasteiger partial charge in [0.05, 0.1) is 0 Å². The SMILES string of the molecule is Cl.Cl.NC(=O)C1CCN(Cc2cccc(NC(=O)CC3CC4CCC(C3)N4)c2)CC1. The number of hydrogen-bond donors (Lipinski definition) is 3. The molecule has 0 spiro atoms. The summed E-state index contributed by atoms with van der Waals surface area (Å²) < 4.78 is 0. The van der Waals surface area contributed by atoms with Crippen molar-refractivity contribution in [2.45, 2.75) is 63.6 Å². The van der Waals surface area contributed by atoms with Crippen LogP contribution in [0.2, 0.25) is 0 Å². The molecule has 8 heteroatoms. The van der Waals surface area contributed by atoms with Crippen molar-refractivity contribution < 1.29 is 9.59 Å². The summed E-state index contributed by atoms with van der Waals surface area (Å²) in [6.45, 7) is 2.62. The van der Waals surface area contributed by atoms with Crippen molar-refractivity contribution in [1.29, 1.82) is 0 Å². The number of amides is 2. The van der Waals surface area contributed by atoms with E-state index in [-0.39, 0.29) is 42.5 Å². The number of carbonyl (C=O) groups excluding carboxylic acids is 2. The molecule has 3 heterocycles. The minimum Gasteiger partial charge on any atom is -0.369 e. The Morgan fingerprint density at radius 2 is 1.73 bits per heavy atom. The van der Waals surface area contributed by atoms with Crippen molar-refractivity contribution in [3.8, 4) is 0 Å². The molecule has 2 unspecified atom stereocenters. The van der Waals surface area contributed by atoms with E-state index in [0.29, 0.717) is 24.4 Å². The first-order chi connectivity index (χ1) is 13.5. The molecule has 6 nitrogen and oxygen atoms in total. The van der Waals surface area contributed by atoms with E-state index in [0.717, 1.165) is 51.0 Å². The number of rotatable bonds is 6. The molecule has 0 radical (unpaired) electrons. The number of nitrogens with zero attached hydrogens (tertiary/aromatic N) is 1. The Hall–Kier alpha value is -1.34. The highest BCUT2D eigenvalue weighted by Crippen LogP contribution is 2.32. The second-order valence-corrected chi connectivity index (χ2v) is 8.88. The third-order valence-corrected chi connectivity index (χ3v) is 6.65. The normalized spacial score (nSPS) is 26.3. The van der Waals surface area contributed by atoms with E-state index in [1.54, 1.807) is 0 Å². The van der Waals surface area contributed by atoms with Gasteiger partial charge in [0.2, 0.25) is 11.8 Å². The Morgan fingerprint density at radius 1 is 1.07 bits per heavy atom. The van der Waals surface area contributed by atoms with Gasteiger partial charge in [-0.1, -0.05) is 12.1 Å². The largest absolute Gasteiger partial charge is 0.369 e. The van der Waals surface area contributed by atoms with Gasteiger partial charge < -0.3 is 16.4 Å². The Labute approximate surface area is 191 Å². The summed E-state index contributed by atoms with van der Waals surface area (Å²) in [5.74, 6) is 0.484. The van der Waals surface area contributed by atoms with Crippen molar-refractivity contribution in [3.05, 3.63) is 29.8 Å². The standard InChI is InChI=1S/C22H32N4O2.2ClH/c23-22(28)17-6-8-26(9-7-17)14-15-2-1-3-18(10-15)25-21(27)13-16-11-19-4-5-20(12-16)24-19;;/h1-3,10,16-17,19-20,24H,4-9,11-14H2,(H2,23,28)(H,25,27);2*1H. The third-order valence-electron chi connectivity index (χ3n) is 6.65. The highest BCUT2D eigenvalue weighted by molar-refractivity contribution is 5.91. The fraction of sp³-hybridized carbons (Fsp3) is 0.636. The van der Waals surface area contributed by atoms with E-state index in [2.05, 4.69) is 27.7 Å². The van der Waals surface area contributed by atoms with Crippen LogP contribution in [0.5, 0.6) is 0 Å². The number of nitrogens with two attached hydrogens (primary N) is 1. The number of nitrogens with one attached hydrogen (secondary N) is 2. The number of anilines is 1. The van der Waals surface area contributed by atoms with Crippen LogP contribution in [0, 0.1) is 11.8 Å². The van der Waals surface area contributed by atoms with E-state index in [4.69, 9.17) is 5.73 Å². The highest BCUT2D eigenvalue weighted by atomic mass is 35.5. The molecule has 3 aliphatic rings. The Kier molecular flexibility index (Phi) is 9.41. The molecular weight excluding hydrogens is 423 g/mol. The monoisotopic (exact) mass is 456 g/mol. The average Bonchev–Trinajstić information content (AvgIpc) is 3.00. The van der Waals surface area contributed by atoms with Gasteiger partial charge in [0, 0.05) is 36.7 Å². The molecule has 3 aliphatic heterocycles. The Bertz CT molecular complexity index is 713. The number of primary amides is 1. The molecule has 4 rings (SSSR count). The summed E-state index contributed by atoms with van der Waals surface area (Å²) in [5.41, 5.74) is 7.49. The first-order valence-electron chi connectivity index (χ1n) is 10.7. The van der Waals surface area contributed by atoms with Gasteiger partial charge in [-0.05, 0) is 75.2 Å². The van der Waals surface area contributed by atoms with Crippen LogP contribution < -0.4 is 16.4 Å². The number of halogens is 2. The maximum absolute atomic E-state index is 12.5. The van der Waals surface area contributed by atoms with Crippen LogP contribution in [0.3, 0.4) is 0 Å². The van der Waals surface area contributed by atoms with Gasteiger partial charge in [-0.25, -0.2) is 0 Å². The molecule has 2 bridgehead atoms. The molecule has 0 aromatic heterocycles. The van der Waals surface area contributed by atoms with Crippen LogP contribution >= 0.6 is 24.8 Å². The van der Waals surface area contributed by atoms with Crippen LogP contribution in [0.1, 0.15) is 50.5 Å². The lowest BCUT2D eigenvalue weighted by atomic mass is 9.89. The first kappa shape index (κ1) is 24.9. The Balaban J connectivity index is 0.00000160. The Morgan fingerprint density at radius 3 is 2.37 bits per heavy atom. The maximum Gasteiger partial charge on any atom is 0.224 e. The molecule has 3 fully saturated rings. The second kappa shape index (κ2) is 11.3. The van der Waals surface area contributed by atoms with Crippen molar-refractivity contribution in [1.82, 2.24) is 10.2 Å². The second-order valence-electron chi connectivity index (χ2n) is 8.88. The van der Waals surface area contributed by atoms with Gasteiger partial charge >= 0.3 is 0 Å². The molecule has 1 aromatic carbocycles. The lowest BCUT2D eigenvalue weighted by molar-refractivity contribution is -0.123. The van der Waals surface area contributed by atoms with E-state index in [1.807, 2.05) is 12.1 Å². The van der Waals surface area contributed by atoms with E-state index < -0.39 is 0 Å².